The number of H-pyrrole nitrogens is 1. The predicted molar refractivity (Wildman–Crippen MR) is 75.7 cm³/mol. The van der Waals surface area contributed by atoms with Crippen molar-refractivity contribution < 1.29 is 0 Å². The fourth-order valence-corrected chi connectivity index (χ4v) is 2.34. The Labute approximate surface area is 119 Å². The lowest BCUT2D eigenvalue weighted by Gasteiger charge is -2.03. The Morgan fingerprint density at radius 3 is 2.81 bits per heavy atom. The van der Waals surface area contributed by atoms with Crippen LogP contribution in [0, 0.1) is 3.57 Å². The zero-order chi connectivity index (χ0) is 11.7. The molecule has 1 aromatic heterocycles. The standard InChI is InChI=1S/C10H5BrClIN2O/c11-7-3-5(12)1-2-6(7)9-14-4-8(13)10(16)15-9/h1-4H,(H,14,15,16). The maximum absolute atomic E-state index is 11.4. The Morgan fingerprint density at radius 1 is 1.44 bits per heavy atom. The summed E-state index contributed by atoms with van der Waals surface area (Å²) < 4.78 is 1.36. The molecule has 16 heavy (non-hydrogen) atoms. The molecule has 2 rings (SSSR count). The van der Waals surface area contributed by atoms with E-state index in [-0.39, 0.29) is 5.56 Å². The molecule has 0 bridgehead atoms. The van der Waals surface area contributed by atoms with E-state index in [1.165, 1.54) is 6.20 Å². The van der Waals surface area contributed by atoms with Crippen molar-refractivity contribution >= 4 is 50.1 Å². The van der Waals surface area contributed by atoms with Gasteiger partial charge in [-0.3, -0.25) is 4.79 Å². The summed E-state index contributed by atoms with van der Waals surface area (Å²) in [5, 5.41) is 0.628. The number of aromatic amines is 1. The second kappa shape index (κ2) is 4.85. The van der Waals surface area contributed by atoms with E-state index in [9.17, 15) is 4.79 Å². The highest BCUT2D eigenvalue weighted by Gasteiger charge is 2.07. The molecule has 1 aromatic carbocycles. The average molecular weight is 411 g/mol. The fraction of sp³-hybridized carbons (Fsp3) is 0. The molecule has 3 nitrogen and oxygen atoms in total. The largest absolute Gasteiger partial charge is 0.306 e. The monoisotopic (exact) mass is 410 g/mol. The molecule has 0 radical (unpaired) electrons. The van der Waals surface area contributed by atoms with Crippen molar-refractivity contribution in [2.24, 2.45) is 0 Å². The zero-order valence-electron chi connectivity index (χ0n) is 7.80. The van der Waals surface area contributed by atoms with Crippen molar-refractivity contribution in [2.75, 3.05) is 0 Å². The molecule has 0 amide bonds. The second-order valence-corrected chi connectivity index (χ2v) is 5.49. The molecule has 6 heteroatoms. The number of nitrogens with one attached hydrogen (secondary N) is 1. The number of rotatable bonds is 1. The molecule has 0 spiro atoms. The third kappa shape index (κ3) is 2.46. The molecular formula is C10H5BrClIN2O. The van der Waals surface area contributed by atoms with Crippen LogP contribution in [-0.2, 0) is 0 Å². The van der Waals surface area contributed by atoms with Crippen molar-refractivity contribution in [3.8, 4) is 11.4 Å². The highest BCUT2D eigenvalue weighted by Crippen LogP contribution is 2.27. The van der Waals surface area contributed by atoms with Crippen LogP contribution < -0.4 is 5.56 Å². The summed E-state index contributed by atoms with van der Waals surface area (Å²) in [4.78, 5) is 18.3. The minimum absolute atomic E-state index is 0.146. The van der Waals surface area contributed by atoms with E-state index in [0.29, 0.717) is 14.4 Å². The van der Waals surface area contributed by atoms with Crippen LogP contribution in [0.4, 0.5) is 0 Å². The molecule has 0 atom stereocenters. The highest BCUT2D eigenvalue weighted by atomic mass is 127. The summed E-state index contributed by atoms with van der Waals surface area (Å²) in [6, 6.07) is 5.31. The van der Waals surface area contributed by atoms with E-state index in [1.54, 1.807) is 18.2 Å². The normalized spacial score (nSPS) is 10.4. The van der Waals surface area contributed by atoms with Gasteiger partial charge in [-0.15, -0.1) is 0 Å². The summed E-state index contributed by atoms with van der Waals surface area (Å²) in [7, 11) is 0. The molecule has 82 valence electrons. The summed E-state index contributed by atoms with van der Waals surface area (Å²) in [5.74, 6) is 0.522. The van der Waals surface area contributed by atoms with Crippen molar-refractivity contribution in [3.05, 3.63) is 47.8 Å². The lowest BCUT2D eigenvalue weighted by atomic mass is 10.2. The Bertz CT molecular complexity index is 600. The third-order valence-corrected chi connectivity index (χ3v) is 3.60. The molecule has 0 aliphatic rings. The first kappa shape index (κ1) is 12.1. The van der Waals surface area contributed by atoms with Gasteiger partial charge in [-0.25, -0.2) is 4.98 Å². The lowest BCUT2D eigenvalue weighted by molar-refractivity contribution is 1.11. The molecule has 0 aliphatic carbocycles. The number of aromatic nitrogens is 2. The van der Waals surface area contributed by atoms with Crippen LogP contribution in [0.5, 0.6) is 0 Å². The van der Waals surface area contributed by atoms with Crippen LogP contribution in [0.15, 0.2) is 33.7 Å². The topological polar surface area (TPSA) is 45.8 Å². The minimum atomic E-state index is -0.146. The maximum Gasteiger partial charge on any atom is 0.264 e. The number of hydrogen-bond donors (Lipinski definition) is 1. The van der Waals surface area contributed by atoms with Gasteiger partial charge < -0.3 is 4.98 Å². The van der Waals surface area contributed by atoms with Crippen molar-refractivity contribution in [1.29, 1.82) is 0 Å². The van der Waals surface area contributed by atoms with Crippen LogP contribution in [0.25, 0.3) is 11.4 Å². The van der Waals surface area contributed by atoms with Gasteiger partial charge in [0, 0.05) is 21.3 Å². The van der Waals surface area contributed by atoms with E-state index < -0.39 is 0 Å². The molecule has 2 aromatic rings. The molecule has 0 fully saturated rings. The van der Waals surface area contributed by atoms with E-state index in [4.69, 9.17) is 11.6 Å². The Kier molecular flexibility index (Phi) is 3.66. The first-order valence-corrected chi connectivity index (χ1v) is 6.53. The Balaban J connectivity index is 2.59. The minimum Gasteiger partial charge on any atom is -0.306 e. The number of halogens is 3. The van der Waals surface area contributed by atoms with E-state index >= 15 is 0 Å². The van der Waals surface area contributed by atoms with E-state index in [0.717, 1.165) is 10.0 Å². The van der Waals surface area contributed by atoms with Gasteiger partial charge in [0.1, 0.15) is 5.82 Å². The smallest absolute Gasteiger partial charge is 0.264 e. The molecule has 0 unspecified atom stereocenters. The van der Waals surface area contributed by atoms with E-state index in [2.05, 4.69) is 25.9 Å². The van der Waals surface area contributed by atoms with Crippen LogP contribution in [0.3, 0.4) is 0 Å². The van der Waals surface area contributed by atoms with Crippen LogP contribution in [-0.4, -0.2) is 9.97 Å². The SMILES string of the molecule is O=c1[nH]c(-c2ccc(Cl)cc2Br)ncc1I. The first-order chi connectivity index (χ1) is 7.58. The highest BCUT2D eigenvalue weighted by molar-refractivity contribution is 14.1. The Hall–Kier alpha value is -0.400. The van der Waals surface area contributed by atoms with Crippen molar-refractivity contribution in [3.63, 3.8) is 0 Å². The van der Waals surface area contributed by atoms with Gasteiger partial charge in [0.05, 0.1) is 3.57 Å². The Morgan fingerprint density at radius 2 is 2.19 bits per heavy atom. The molecule has 1 N–H and O–H groups in total. The van der Waals surface area contributed by atoms with Gasteiger partial charge in [0.2, 0.25) is 0 Å². The van der Waals surface area contributed by atoms with Gasteiger partial charge in [0.15, 0.2) is 0 Å². The van der Waals surface area contributed by atoms with Gasteiger partial charge in [-0.2, -0.15) is 0 Å². The average Bonchev–Trinajstić information content (AvgIpc) is 2.22. The number of nitrogens with zero attached hydrogens (tertiary/aromatic N) is 1. The van der Waals surface area contributed by atoms with Gasteiger partial charge >= 0.3 is 0 Å². The summed E-state index contributed by atoms with van der Waals surface area (Å²) in [5.41, 5.74) is 0.658. The molecule has 0 aliphatic heterocycles. The summed E-state index contributed by atoms with van der Waals surface area (Å²) in [6.45, 7) is 0. The number of benzene rings is 1. The maximum atomic E-state index is 11.4. The predicted octanol–water partition coefficient (Wildman–Crippen LogP) is 3.46. The van der Waals surface area contributed by atoms with Gasteiger partial charge in [-0.1, -0.05) is 11.6 Å². The van der Waals surface area contributed by atoms with Gasteiger partial charge in [0.25, 0.3) is 5.56 Å². The quantitative estimate of drug-likeness (QED) is 0.731. The first-order valence-electron chi connectivity index (χ1n) is 4.28. The summed E-state index contributed by atoms with van der Waals surface area (Å²) in [6.07, 6.45) is 1.54. The van der Waals surface area contributed by atoms with Crippen molar-refractivity contribution in [1.82, 2.24) is 9.97 Å². The summed E-state index contributed by atoms with van der Waals surface area (Å²) >= 11 is 11.2. The molecule has 0 saturated carbocycles. The molecule has 0 saturated heterocycles. The second-order valence-electron chi connectivity index (χ2n) is 3.03. The van der Waals surface area contributed by atoms with E-state index in [1.807, 2.05) is 22.6 Å². The third-order valence-electron chi connectivity index (χ3n) is 1.94. The zero-order valence-corrected chi connectivity index (χ0v) is 12.3. The molecular weight excluding hydrogens is 406 g/mol. The molecule has 1 heterocycles. The van der Waals surface area contributed by atoms with Gasteiger partial charge in [-0.05, 0) is 56.7 Å². The van der Waals surface area contributed by atoms with Crippen molar-refractivity contribution in [2.45, 2.75) is 0 Å². The lowest BCUT2D eigenvalue weighted by Crippen LogP contribution is -2.11. The van der Waals surface area contributed by atoms with Crippen LogP contribution in [0.2, 0.25) is 5.02 Å². The van der Waals surface area contributed by atoms with Crippen LogP contribution in [0.1, 0.15) is 0 Å². The van der Waals surface area contributed by atoms with Crippen LogP contribution >= 0.6 is 50.1 Å². The number of hydrogen-bond acceptors (Lipinski definition) is 2. The fourth-order valence-electron chi connectivity index (χ4n) is 1.20.